The van der Waals surface area contributed by atoms with E-state index in [9.17, 15) is 4.79 Å². The van der Waals surface area contributed by atoms with Crippen LogP contribution in [0.2, 0.25) is 5.02 Å². The molecule has 0 atom stereocenters. The van der Waals surface area contributed by atoms with Crippen LogP contribution in [0, 0.1) is 16.7 Å². The molecule has 0 unspecified atom stereocenters. The number of hydrogen-bond donors (Lipinski definition) is 1. The van der Waals surface area contributed by atoms with Crippen LogP contribution in [0.4, 0.5) is 0 Å². The highest BCUT2D eigenvalue weighted by Crippen LogP contribution is 2.69. The number of fused-ring (bicyclic) bond motifs is 1. The second kappa shape index (κ2) is 3.63. The Morgan fingerprint density at radius 1 is 1.21 bits per heavy atom. The first-order valence-corrected chi connectivity index (χ1v) is 6.95. The molecule has 1 aliphatic carbocycles. The van der Waals surface area contributed by atoms with Gasteiger partial charge in [0.15, 0.2) is 5.78 Å². The van der Waals surface area contributed by atoms with Crippen molar-refractivity contribution in [1.29, 1.82) is 0 Å². The molecule has 0 aliphatic heterocycles. The van der Waals surface area contributed by atoms with Crippen molar-refractivity contribution in [3.63, 3.8) is 0 Å². The third-order valence-electron chi connectivity index (χ3n) is 5.19. The molecule has 0 bridgehead atoms. The number of H-pyrrole nitrogens is 1. The van der Waals surface area contributed by atoms with Crippen LogP contribution in [-0.4, -0.2) is 10.8 Å². The van der Waals surface area contributed by atoms with E-state index in [1.54, 1.807) is 0 Å². The Kier molecular flexibility index (Phi) is 2.44. The van der Waals surface area contributed by atoms with Gasteiger partial charge in [0.2, 0.25) is 0 Å². The first kappa shape index (κ1) is 12.7. The van der Waals surface area contributed by atoms with Gasteiger partial charge in [0.05, 0.1) is 0 Å². The van der Waals surface area contributed by atoms with Crippen LogP contribution in [0.25, 0.3) is 10.9 Å². The quantitative estimate of drug-likeness (QED) is 0.793. The van der Waals surface area contributed by atoms with Crippen molar-refractivity contribution in [3.05, 3.63) is 35.0 Å². The number of rotatable bonds is 2. The van der Waals surface area contributed by atoms with Gasteiger partial charge in [-0.15, -0.1) is 0 Å². The van der Waals surface area contributed by atoms with Crippen LogP contribution in [0.5, 0.6) is 0 Å². The normalized spacial score (nSPS) is 20.7. The van der Waals surface area contributed by atoms with Gasteiger partial charge in [0.1, 0.15) is 0 Å². The Hall–Kier alpha value is -1.28. The van der Waals surface area contributed by atoms with E-state index in [1.165, 1.54) is 0 Å². The molecule has 100 valence electrons. The number of ketones is 1. The van der Waals surface area contributed by atoms with Crippen molar-refractivity contribution in [1.82, 2.24) is 4.98 Å². The number of aromatic nitrogens is 1. The maximum atomic E-state index is 12.7. The fourth-order valence-corrected chi connectivity index (χ4v) is 3.48. The zero-order chi connectivity index (χ0) is 14.0. The Morgan fingerprint density at radius 2 is 1.84 bits per heavy atom. The van der Waals surface area contributed by atoms with E-state index in [2.05, 4.69) is 32.7 Å². The first-order chi connectivity index (χ1) is 8.76. The van der Waals surface area contributed by atoms with E-state index in [0.29, 0.717) is 5.02 Å². The minimum absolute atomic E-state index is 0.0695. The summed E-state index contributed by atoms with van der Waals surface area (Å²) in [5, 5.41) is 1.65. The van der Waals surface area contributed by atoms with Crippen molar-refractivity contribution >= 4 is 28.3 Å². The largest absolute Gasteiger partial charge is 0.360 e. The predicted octanol–water partition coefficient (Wildman–Crippen LogP) is 4.69. The molecule has 0 saturated heterocycles. The molecule has 0 spiro atoms. The van der Waals surface area contributed by atoms with Crippen molar-refractivity contribution in [2.24, 2.45) is 16.7 Å². The Balaban J connectivity index is 2.05. The Labute approximate surface area is 118 Å². The lowest BCUT2D eigenvalue weighted by Gasteiger charge is -2.03. The SMILES string of the molecule is CC1(C)C(C(=O)c2c[nH]c3cc(Cl)ccc23)C1(C)C. The summed E-state index contributed by atoms with van der Waals surface area (Å²) in [6.07, 6.45) is 1.81. The van der Waals surface area contributed by atoms with Crippen molar-refractivity contribution in [2.45, 2.75) is 27.7 Å². The fraction of sp³-hybridized carbons (Fsp3) is 0.438. The van der Waals surface area contributed by atoms with Crippen molar-refractivity contribution in [3.8, 4) is 0 Å². The molecule has 0 radical (unpaired) electrons. The summed E-state index contributed by atoms with van der Waals surface area (Å²) in [4.78, 5) is 15.9. The van der Waals surface area contributed by atoms with Gasteiger partial charge in [-0.25, -0.2) is 0 Å². The van der Waals surface area contributed by atoms with Gasteiger partial charge in [0, 0.05) is 33.6 Å². The molecule has 1 aromatic heterocycles. The van der Waals surface area contributed by atoms with Gasteiger partial charge in [0.25, 0.3) is 0 Å². The van der Waals surface area contributed by atoms with E-state index in [1.807, 2.05) is 24.4 Å². The third-order valence-corrected chi connectivity index (χ3v) is 5.43. The number of carbonyl (C=O) groups is 1. The van der Waals surface area contributed by atoms with Crippen LogP contribution < -0.4 is 0 Å². The molecule has 3 rings (SSSR count). The van der Waals surface area contributed by atoms with Gasteiger partial charge in [-0.2, -0.15) is 0 Å². The molecule has 0 amide bonds. The van der Waals surface area contributed by atoms with Gasteiger partial charge in [-0.1, -0.05) is 45.4 Å². The number of hydrogen-bond acceptors (Lipinski definition) is 1. The number of benzene rings is 1. The lowest BCUT2D eigenvalue weighted by molar-refractivity contribution is 0.0947. The lowest BCUT2D eigenvalue weighted by atomic mass is 10.0. The Bertz CT molecular complexity index is 667. The average Bonchev–Trinajstić information content (AvgIpc) is 2.63. The average molecular weight is 276 g/mol. The second-order valence-electron chi connectivity index (χ2n) is 6.63. The zero-order valence-corrected chi connectivity index (χ0v) is 12.4. The zero-order valence-electron chi connectivity index (χ0n) is 11.7. The Morgan fingerprint density at radius 3 is 2.42 bits per heavy atom. The molecule has 1 aromatic carbocycles. The number of nitrogens with one attached hydrogen (secondary N) is 1. The summed E-state index contributed by atoms with van der Waals surface area (Å²) in [5.41, 5.74) is 1.85. The standard InChI is InChI=1S/C16H18ClNO/c1-15(2)14(16(15,3)4)13(19)11-8-18-12-7-9(17)5-6-10(11)12/h5-8,14,18H,1-4H3. The molecule has 1 N–H and O–H groups in total. The van der Waals surface area contributed by atoms with E-state index in [4.69, 9.17) is 11.6 Å². The molecule has 3 heteroatoms. The van der Waals surface area contributed by atoms with E-state index in [-0.39, 0.29) is 22.5 Å². The molecule has 2 nitrogen and oxygen atoms in total. The maximum absolute atomic E-state index is 12.7. The topological polar surface area (TPSA) is 32.9 Å². The van der Waals surface area contributed by atoms with Gasteiger partial charge < -0.3 is 4.98 Å². The monoisotopic (exact) mass is 275 g/mol. The summed E-state index contributed by atoms with van der Waals surface area (Å²) in [5.74, 6) is 0.332. The molecular formula is C16H18ClNO. The van der Waals surface area contributed by atoms with Gasteiger partial charge in [-0.3, -0.25) is 4.79 Å². The van der Waals surface area contributed by atoms with E-state index in [0.717, 1.165) is 16.5 Å². The summed E-state index contributed by atoms with van der Waals surface area (Å²) in [6, 6.07) is 5.61. The molecule has 1 saturated carbocycles. The molecular weight excluding hydrogens is 258 g/mol. The number of aromatic amines is 1. The van der Waals surface area contributed by atoms with E-state index >= 15 is 0 Å². The number of carbonyl (C=O) groups excluding carboxylic acids is 1. The summed E-state index contributed by atoms with van der Waals surface area (Å²) < 4.78 is 0. The molecule has 2 aromatic rings. The lowest BCUT2D eigenvalue weighted by Crippen LogP contribution is -2.06. The highest BCUT2D eigenvalue weighted by atomic mass is 35.5. The van der Waals surface area contributed by atoms with Crippen LogP contribution in [0.3, 0.4) is 0 Å². The smallest absolute Gasteiger partial charge is 0.169 e. The van der Waals surface area contributed by atoms with Crippen LogP contribution >= 0.6 is 11.6 Å². The molecule has 1 aliphatic rings. The summed E-state index contributed by atoms with van der Waals surface area (Å²) >= 11 is 5.97. The highest BCUT2D eigenvalue weighted by molar-refractivity contribution is 6.31. The fourth-order valence-electron chi connectivity index (χ4n) is 3.31. The number of Topliss-reactive ketones (excluding diaryl/α,β-unsaturated/α-hetero) is 1. The minimum Gasteiger partial charge on any atom is -0.360 e. The first-order valence-electron chi connectivity index (χ1n) is 6.57. The third kappa shape index (κ3) is 1.59. The van der Waals surface area contributed by atoms with Gasteiger partial charge >= 0.3 is 0 Å². The van der Waals surface area contributed by atoms with Gasteiger partial charge in [-0.05, 0) is 23.0 Å². The number of halogens is 1. The van der Waals surface area contributed by atoms with Crippen LogP contribution in [0.15, 0.2) is 24.4 Å². The van der Waals surface area contributed by atoms with Crippen LogP contribution in [-0.2, 0) is 0 Å². The van der Waals surface area contributed by atoms with Crippen molar-refractivity contribution < 1.29 is 4.79 Å². The van der Waals surface area contributed by atoms with E-state index < -0.39 is 0 Å². The molecule has 1 fully saturated rings. The molecule has 1 heterocycles. The van der Waals surface area contributed by atoms with Crippen LogP contribution in [0.1, 0.15) is 38.1 Å². The predicted molar refractivity (Wildman–Crippen MR) is 78.7 cm³/mol. The second-order valence-corrected chi connectivity index (χ2v) is 7.07. The highest BCUT2D eigenvalue weighted by Gasteiger charge is 2.68. The summed E-state index contributed by atoms with van der Waals surface area (Å²) in [7, 11) is 0. The minimum atomic E-state index is 0.0695. The summed E-state index contributed by atoms with van der Waals surface area (Å²) in [6.45, 7) is 8.67. The molecule has 19 heavy (non-hydrogen) atoms. The maximum Gasteiger partial charge on any atom is 0.169 e. The van der Waals surface area contributed by atoms with Crippen molar-refractivity contribution in [2.75, 3.05) is 0 Å².